The summed E-state index contributed by atoms with van der Waals surface area (Å²) in [4.78, 5) is 8.64. The molecule has 0 radical (unpaired) electrons. The summed E-state index contributed by atoms with van der Waals surface area (Å²) in [5.41, 5.74) is 2.12. The van der Waals surface area contributed by atoms with Crippen LogP contribution in [0.25, 0.3) is 0 Å². The molecule has 5 heteroatoms. The Bertz CT molecular complexity index is 506. The van der Waals surface area contributed by atoms with Gasteiger partial charge in [0.05, 0.1) is 17.9 Å². The summed E-state index contributed by atoms with van der Waals surface area (Å²) >= 11 is 0. The van der Waals surface area contributed by atoms with E-state index in [1.165, 1.54) is 0 Å². The van der Waals surface area contributed by atoms with Gasteiger partial charge in [0.2, 0.25) is 0 Å². The van der Waals surface area contributed by atoms with Gasteiger partial charge in [-0.05, 0) is 26.0 Å². The molecule has 1 atom stereocenters. The molecule has 2 rings (SSSR count). The summed E-state index contributed by atoms with van der Waals surface area (Å²) in [6.45, 7) is 5.00. The van der Waals surface area contributed by atoms with Crippen molar-refractivity contribution in [1.29, 1.82) is 0 Å². The van der Waals surface area contributed by atoms with Crippen molar-refractivity contribution in [3.05, 3.63) is 41.7 Å². The zero-order valence-electron chi connectivity index (χ0n) is 11.1. The number of nitrogens with one attached hydrogen (secondary N) is 1. The largest absolute Gasteiger partial charge is 0.305 e. The minimum atomic E-state index is 0.0837. The van der Waals surface area contributed by atoms with Crippen molar-refractivity contribution < 1.29 is 0 Å². The number of hydrogen-bond donors (Lipinski definition) is 1. The van der Waals surface area contributed by atoms with Gasteiger partial charge >= 0.3 is 0 Å². The highest BCUT2D eigenvalue weighted by Crippen LogP contribution is 2.19. The van der Waals surface area contributed by atoms with E-state index in [2.05, 4.69) is 27.3 Å². The lowest BCUT2D eigenvalue weighted by molar-refractivity contribution is 0.583. The maximum absolute atomic E-state index is 4.50. The minimum absolute atomic E-state index is 0.0837. The standard InChI is InChI=1S/C13H19N5/c1-4-6-15-13(11-8-16-18(3)9-11)12-5-7-14-10(2)17-12/h5,7-9,13,15H,4,6H2,1-3H3. The van der Waals surface area contributed by atoms with Gasteiger partial charge < -0.3 is 5.32 Å². The lowest BCUT2D eigenvalue weighted by atomic mass is 10.1. The fourth-order valence-electron chi connectivity index (χ4n) is 1.91. The second-order valence-electron chi connectivity index (χ2n) is 4.36. The van der Waals surface area contributed by atoms with Gasteiger partial charge in [-0.2, -0.15) is 5.10 Å². The fourth-order valence-corrected chi connectivity index (χ4v) is 1.91. The molecule has 18 heavy (non-hydrogen) atoms. The zero-order valence-corrected chi connectivity index (χ0v) is 11.1. The van der Waals surface area contributed by atoms with E-state index in [9.17, 15) is 0 Å². The van der Waals surface area contributed by atoms with Crippen LogP contribution >= 0.6 is 0 Å². The van der Waals surface area contributed by atoms with Crippen LogP contribution in [0.4, 0.5) is 0 Å². The highest BCUT2D eigenvalue weighted by atomic mass is 15.2. The minimum Gasteiger partial charge on any atom is -0.305 e. The fraction of sp³-hybridized carbons (Fsp3) is 0.462. The van der Waals surface area contributed by atoms with Crippen LogP contribution in [0.3, 0.4) is 0 Å². The van der Waals surface area contributed by atoms with Crippen molar-refractivity contribution in [2.75, 3.05) is 6.54 Å². The molecule has 0 fully saturated rings. The monoisotopic (exact) mass is 245 g/mol. The first-order chi connectivity index (χ1) is 8.70. The molecule has 1 unspecified atom stereocenters. The van der Waals surface area contributed by atoms with E-state index in [0.29, 0.717) is 0 Å². The summed E-state index contributed by atoms with van der Waals surface area (Å²) in [7, 11) is 1.92. The van der Waals surface area contributed by atoms with Crippen LogP contribution in [0.5, 0.6) is 0 Å². The van der Waals surface area contributed by atoms with Gasteiger partial charge in [0.15, 0.2) is 0 Å². The molecular formula is C13H19N5. The average Bonchev–Trinajstić information content (AvgIpc) is 2.76. The number of rotatable bonds is 5. The molecule has 2 heterocycles. The predicted octanol–water partition coefficient (Wildman–Crippen LogP) is 1.61. The van der Waals surface area contributed by atoms with Crippen molar-refractivity contribution in [2.24, 2.45) is 7.05 Å². The Kier molecular flexibility index (Phi) is 4.04. The van der Waals surface area contributed by atoms with Gasteiger partial charge in [0.1, 0.15) is 5.82 Å². The van der Waals surface area contributed by atoms with Gasteiger partial charge in [-0.15, -0.1) is 0 Å². The Morgan fingerprint density at radius 1 is 1.44 bits per heavy atom. The third-order valence-electron chi connectivity index (χ3n) is 2.75. The topological polar surface area (TPSA) is 55.6 Å². The third-order valence-corrected chi connectivity index (χ3v) is 2.75. The Hall–Kier alpha value is -1.75. The van der Waals surface area contributed by atoms with Gasteiger partial charge in [-0.25, -0.2) is 9.97 Å². The molecular weight excluding hydrogens is 226 g/mol. The van der Waals surface area contributed by atoms with Gasteiger partial charge in [-0.1, -0.05) is 6.92 Å². The number of aryl methyl sites for hydroxylation is 2. The molecule has 0 aromatic carbocycles. The molecule has 96 valence electrons. The van der Waals surface area contributed by atoms with Crippen molar-refractivity contribution in [1.82, 2.24) is 25.1 Å². The van der Waals surface area contributed by atoms with E-state index < -0.39 is 0 Å². The Labute approximate surface area is 107 Å². The average molecular weight is 245 g/mol. The molecule has 0 spiro atoms. The molecule has 0 aliphatic carbocycles. The molecule has 0 aliphatic heterocycles. The van der Waals surface area contributed by atoms with E-state index >= 15 is 0 Å². The van der Waals surface area contributed by atoms with Crippen LogP contribution < -0.4 is 5.32 Å². The van der Waals surface area contributed by atoms with Crippen LogP contribution in [0.15, 0.2) is 24.7 Å². The molecule has 2 aromatic rings. The second-order valence-corrected chi connectivity index (χ2v) is 4.36. The molecule has 0 saturated heterocycles. The van der Waals surface area contributed by atoms with Crippen LogP contribution in [0.2, 0.25) is 0 Å². The lowest BCUT2D eigenvalue weighted by Gasteiger charge is -2.16. The summed E-state index contributed by atoms with van der Waals surface area (Å²) in [6.07, 6.45) is 6.78. The number of aromatic nitrogens is 4. The molecule has 0 aliphatic rings. The van der Waals surface area contributed by atoms with Gasteiger partial charge in [0.25, 0.3) is 0 Å². The third kappa shape index (κ3) is 2.92. The molecule has 0 bridgehead atoms. The highest BCUT2D eigenvalue weighted by molar-refractivity contribution is 5.23. The van der Waals surface area contributed by atoms with E-state index in [1.807, 2.05) is 37.1 Å². The zero-order chi connectivity index (χ0) is 13.0. The summed E-state index contributed by atoms with van der Waals surface area (Å²) in [5, 5.41) is 7.73. The normalized spacial score (nSPS) is 12.6. The van der Waals surface area contributed by atoms with Crippen molar-refractivity contribution in [2.45, 2.75) is 26.3 Å². The number of hydrogen-bond acceptors (Lipinski definition) is 4. The Balaban J connectivity index is 2.30. The molecule has 0 saturated carbocycles. The molecule has 5 nitrogen and oxygen atoms in total. The predicted molar refractivity (Wildman–Crippen MR) is 70.1 cm³/mol. The van der Waals surface area contributed by atoms with Crippen LogP contribution in [0.1, 0.15) is 36.5 Å². The van der Waals surface area contributed by atoms with E-state index in [4.69, 9.17) is 0 Å². The van der Waals surface area contributed by atoms with E-state index in [-0.39, 0.29) is 6.04 Å². The lowest BCUT2D eigenvalue weighted by Crippen LogP contribution is -2.24. The quantitative estimate of drug-likeness (QED) is 0.869. The van der Waals surface area contributed by atoms with Crippen LogP contribution in [0, 0.1) is 6.92 Å². The van der Waals surface area contributed by atoms with Gasteiger partial charge in [-0.3, -0.25) is 4.68 Å². The maximum atomic E-state index is 4.50. The van der Waals surface area contributed by atoms with Gasteiger partial charge in [0, 0.05) is 25.0 Å². The van der Waals surface area contributed by atoms with Crippen LogP contribution in [-0.4, -0.2) is 26.3 Å². The van der Waals surface area contributed by atoms with Crippen molar-refractivity contribution in [3.63, 3.8) is 0 Å². The van der Waals surface area contributed by atoms with Crippen molar-refractivity contribution >= 4 is 0 Å². The number of nitrogens with zero attached hydrogens (tertiary/aromatic N) is 4. The SMILES string of the molecule is CCCNC(c1cnn(C)c1)c1ccnc(C)n1. The Morgan fingerprint density at radius 3 is 2.89 bits per heavy atom. The summed E-state index contributed by atoms with van der Waals surface area (Å²) in [6, 6.07) is 2.04. The second kappa shape index (κ2) is 5.73. The Morgan fingerprint density at radius 2 is 2.28 bits per heavy atom. The summed E-state index contributed by atoms with van der Waals surface area (Å²) < 4.78 is 1.81. The van der Waals surface area contributed by atoms with Crippen LogP contribution in [-0.2, 0) is 7.05 Å². The first kappa shape index (κ1) is 12.7. The first-order valence-corrected chi connectivity index (χ1v) is 6.22. The molecule has 0 amide bonds. The van der Waals surface area contributed by atoms with Crippen molar-refractivity contribution in [3.8, 4) is 0 Å². The summed E-state index contributed by atoms with van der Waals surface area (Å²) in [5.74, 6) is 0.791. The smallest absolute Gasteiger partial charge is 0.125 e. The molecule has 2 aromatic heterocycles. The highest BCUT2D eigenvalue weighted by Gasteiger charge is 2.16. The molecule has 1 N–H and O–H groups in total. The first-order valence-electron chi connectivity index (χ1n) is 6.22. The maximum Gasteiger partial charge on any atom is 0.125 e. The van der Waals surface area contributed by atoms with E-state index in [1.54, 1.807) is 6.20 Å². The van der Waals surface area contributed by atoms with E-state index in [0.717, 1.165) is 30.0 Å².